The summed E-state index contributed by atoms with van der Waals surface area (Å²) in [6, 6.07) is 6.28. The van der Waals surface area contributed by atoms with Crippen molar-refractivity contribution in [3.05, 3.63) is 30.1 Å². The van der Waals surface area contributed by atoms with Crippen LogP contribution < -0.4 is 15.5 Å². The van der Waals surface area contributed by atoms with E-state index in [0.29, 0.717) is 25.9 Å². The maximum Gasteiger partial charge on any atom is 0.325 e. The van der Waals surface area contributed by atoms with E-state index in [9.17, 15) is 14.0 Å². The van der Waals surface area contributed by atoms with Crippen LogP contribution in [0.25, 0.3) is 0 Å². The minimum atomic E-state index is -0.792. The smallest absolute Gasteiger partial charge is 0.325 e. The maximum atomic E-state index is 13.2. The van der Waals surface area contributed by atoms with Crippen LogP contribution in [0.2, 0.25) is 0 Å². The zero-order valence-corrected chi connectivity index (χ0v) is 18.7. The molecule has 2 aliphatic heterocycles. The average Bonchev–Trinajstić information content (AvgIpc) is 2.99. The molecule has 1 unspecified atom stereocenters. The van der Waals surface area contributed by atoms with Crippen LogP contribution in [0.5, 0.6) is 0 Å². The van der Waals surface area contributed by atoms with Crippen LogP contribution in [0, 0.1) is 5.82 Å². The van der Waals surface area contributed by atoms with Crippen molar-refractivity contribution in [3.8, 4) is 0 Å². The molecule has 31 heavy (non-hydrogen) atoms. The third-order valence-corrected chi connectivity index (χ3v) is 5.96. The molecule has 1 atom stereocenters. The number of imide groups is 1. The number of hydrogen-bond donors (Lipinski definition) is 2. The molecule has 0 bridgehead atoms. The Hall–Kier alpha value is -2.84. The lowest BCUT2D eigenvalue weighted by Gasteiger charge is -2.37. The molecule has 2 N–H and O–H groups in total. The predicted molar refractivity (Wildman–Crippen MR) is 120 cm³/mol. The lowest BCUT2D eigenvalue weighted by molar-refractivity contribution is -0.130. The van der Waals surface area contributed by atoms with Crippen LogP contribution in [0.1, 0.15) is 33.6 Å². The van der Waals surface area contributed by atoms with Crippen molar-refractivity contribution in [1.29, 1.82) is 0 Å². The van der Waals surface area contributed by atoms with Crippen molar-refractivity contribution in [2.45, 2.75) is 39.2 Å². The highest BCUT2D eigenvalue weighted by atomic mass is 19.1. The molecule has 2 heterocycles. The van der Waals surface area contributed by atoms with Gasteiger partial charge in [-0.15, -0.1) is 0 Å². The molecular formula is C22H33FN6O2. The molecular weight excluding hydrogens is 399 g/mol. The molecule has 2 aliphatic rings. The maximum absolute atomic E-state index is 13.2. The van der Waals surface area contributed by atoms with E-state index in [2.05, 4.69) is 20.4 Å². The van der Waals surface area contributed by atoms with Crippen LogP contribution in [0.4, 0.5) is 14.9 Å². The number of rotatable bonds is 7. The fourth-order valence-corrected chi connectivity index (χ4v) is 3.86. The van der Waals surface area contributed by atoms with Crippen LogP contribution in [-0.2, 0) is 4.79 Å². The first-order valence-corrected chi connectivity index (χ1v) is 11.1. The Balaban J connectivity index is 1.51. The number of amides is 3. The van der Waals surface area contributed by atoms with Gasteiger partial charge in [-0.1, -0.05) is 6.92 Å². The molecule has 1 aromatic rings. The molecule has 0 saturated carbocycles. The van der Waals surface area contributed by atoms with E-state index in [-0.39, 0.29) is 17.8 Å². The third-order valence-electron chi connectivity index (χ3n) is 5.96. The first kappa shape index (κ1) is 22.8. The normalized spacial score (nSPS) is 22.2. The van der Waals surface area contributed by atoms with Crippen LogP contribution in [0.15, 0.2) is 29.3 Å². The molecule has 1 aromatic carbocycles. The van der Waals surface area contributed by atoms with Gasteiger partial charge in [0.2, 0.25) is 0 Å². The lowest BCUT2D eigenvalue weighted by atomic mass is 9.99. The van der Waals surface area contributed by atoms with E-state index < -0.39 is 5.54 Å². The Morgan fingerprint density at radius 3 is 2.42 bits per heavy atom. The van der Waals surface area contributed by atoms with Crippen molar-refractivity contribution in [3.63, 3.8) is 0 Å². The topological polar surface area (TPSA) is 80.3 Å². The quantitative estimate of drug-likeness (QED) is 0.298. The van der Waals surface area contributed by atoms with E-state index >= 15 is 0 Å². The first-order valence-electron chi connectivity index (χ1n) is 11.1. The largest absolute Gasteiger partial charge is 0.368 e. The third kappa shape index (κ3) is 5.26. The van der Waals surface area contributed by atoms with Gasteiger partial charge in [0, 0.05) is 51.5 Å². The van der Waals surface area contributed by atoms with Gasteiger partial charge in [0.05, 0.1) is 0 Å². The highest BCUT2D eigenvalue weighted by molar-refractivity contribution is 6.06. The number of nitrogens with one attached hydrogen (secondary N) is 2. The number of benzene rings is 1. The Bertz CT molecular complexity index is 807. The zero-order valence-electron chi connectivity index (χ0n) is 18.7. The summed E-state index contributed by atoms with van der Waals surface area (Å²) in [6.45, 7) is 10.6. The van der Waals surface area contributed by atoms with Gasteiger partial charge >= 0.3 is 6.03 Å². The molecule has 2 saturated heterocycles. The molecule has 8 nitrogen and oxygen atoms in total. The minimum Gasteiger partial charge on any atom is -0.368 e. The van der Waals surface area contributed by atoms with Gasteiger partial charge in [0.15, 0.2) is 5.96 Å². The van der Waals surface area contributed by atoms with E-state index in [4.69, 9.17) is 4.99 Å². The summed E-state index contributed by atoms with van der Waals surface area (Å²) in [6.07, 6.45) is 1.18. The number of anilines is 1. The summed E-state index contributed by atoms with van der Waals surface area (Å²) in [5.41, 5.74) is 0.232. The first-order chi connectivity index (χ1) is 14.9. The standard InChI is InChI=1S/C22H33FN6O2/c1-4-22(3)19(30)29(21(31)26-22)12-6-11-25-20(24-5-2)28-15-13-27(14-16-28)18-9-7-17(23)8-10-18/h7-10H,4-6,11-16H2,1-3H3,(H,24,25)(H,26,31). The Morgan fingerprint density at radius 1 is 1.16 bits per heavy atom. The highest BCUT2D eigenvalue weighted by Gasteiger charge is 2.45. The summed E-state index contributed by atoms with van der Waals surface area (Å²) in [5, 5.41) is 6.11. The molecule has 0 aliphatic carbocycles. The molecule has 3 rings (SSSR count). The lowest BCUT2D eigenvalue weighted by Crippen LogP contribution is -2.52. The zero-order chi connectivity index (χ0) is 22.4. The van der Waals surface area contributed by atoms with Gasteiger partial charge in [0.25, 0.3) is 5.91 Å². The van der Waals surface area contributed by atoms with Gasteiger partial charge in [-0.25, -0.2) is 9.18 Å². The second-order valence-corrected chi connectivity index (χ2v) is 8.11. The van der Waals surface area contributed by atoms with E-state index in [1.165, 1.54) is 17.0 Å². The SMILES string of the molecule is CCNC(=NCCCN1C(=O)NC(C)(CC)C1=O)N1CCN(c2ccc(F)cc2)CC1. The van der Waals surface area contributed by atoms with Gasteiger partial charge in [-0.3, -0.25) is 14.7 Å². The number of nitrogens with zero attached hydrogens (tertiary/aromatic N) is 4. The molecule has 0 radical (unpaired) electrons. The van der Waals surface area contributed by atoms with E-state index in [1.54, 1.807) is 6.92 Å². The number of aliphatic imine (C=N–C) groups is 1. The molecule has 170 valence electrons. The molecule has 3 amide bonds. The summed E-state index contributed by atoms with van der Waals surface area (Å²) >= 11 is 0. The number of hydrogen-bond acceptors (Lipinski definition) is 4. The van der Waals surface area contributed by atoms with Gasteiger partial charge in [0.1, 0.15) is 11.4 Å². The van der Waals surface area contributed by atoms with Crippen molar-refractivity contribution in [2.75, 3.05) is 50.7 Å². The van der Waals surface area contributed by atoms with Crippen molar-refractivity contribution < 1.29 is 14.0 Å². The molecule has 0 spiro atoms. The fraction of sp³-hybridized carbons (Fsp3) is 0.591. The molecule has 9 heteroatoms. The summed E-state index contributed by atoms with van der Waals surface area (Å²) in [4.78, 5) is 35.0. The Labute approximate surface area is 183 Å². The van der Waals surface area contributed by atoms with Gasteiger partial charge < -0.3 is 20.4 Å². The molecule has 0 aromatic heterocycles. The predicted octanol–water partition coefficient (Wildman–Crippen LogP) is 2.02. The fourth-order valence-electron chi connectivity index (χ4n) is 3.86. The van der Waals surface area contributed by atoms with Gasteiger partial charge in [-0.05, 0) is 51.0 Å². The monoisotopic (exact) mass is 432 g/mol. The second kappa shape index (κ2) is 9.98. The Morgan fingerprint density at radius 2 is 1.84 bits per heavy atom. The summed E-state index contributed by atoms with van der Waals surface area (Å²) < 4.78 is 13.2. The second-order valence-electron chi connectivity index (χ2n) is 8.11. The van der Waals surface area contributed by atoms with Crippen molar-refractivity contribution >= 4 is 23.6 Å². The number of guanidine groups is 1. The average molecular weight is 433 g/mol. The van der Waals surface area contributed by atoms with Crippen LogP contribution in [0.3, 0.4) is 0 Å². The summed E-state index contributed by atoms with van der Waals surface area (Å²) in [5.74, 6) is 0.459. The van der Waals surface area contributed by atoms with Crippen LogP contribution >= 0.6 is 0 Å². The number of carbonyl (C=O) groups excluding carboxylic acids is 2. The van der Waals surface area contributed by atoms with E-state index in [0.717, 1.165) is 44.4 Å². The Kier molecular flexibility index (Phi) is 7.35. The highest BCUT2D eigenvalue weighted by Crippen LogP contribution is 2.21. The van der Waals surface area contributed by atoms with Gasteiger partial charge in [-0.2, -0.15) is 0 Å². The summed E-state index contributed by atoms with van der Waals surface area (Å²) in [7, 11) is 0. The molecule has 2 fully saturated rings. The van der Waals surface area contributed by atoms with E-state index in [1.807, 2.05) is 26.0 Å². The van der Waals surface area contributed by atoms with Crippen molar-refractivity contribution in [2.24, 2.45) is 4.99 Å². The number of piperazine rings is 1. The number of carbonyl (C=O) groups is 2. The van der Waals surface area contributed by atoms with Crippen molar-refractivity contribution in [1.82, 2.24) is 20.4 Å². The number of halogens is 1. The number of urea groups is 1. The minimum absolute atomic E-state index is 0.159. The van der Waals surface area contributed by atoms with Crippen LogP contribution in [-0.4, -0.2) is 79.0 Å².